The van der Waals surface area contributed by atoms with Crippen molar-refractivity contribution in [2.75, 3.05) is 17.7 Å². The molecule has 0 saturated heterocycles. The van der Waals surface area contributed by atoms with E-state index in [0.717, 1.165) is 10.0 Å². The molecule has 3 N–H and O–H groups in total. The minimum absolute atomic E-state index is 0.115. The van der Waals surface area contributed by atoms with E-state index in [0.29, 0.717) is 33.3 Å². The van der Waals surface area contributed by atoms with E-state index in [1.54, 1.807) is 42.5 Å². The number of benzene rings is 3. The quantitative estimate of drug-likeness (QED) is 0.309. The van der Waals surface area contributed by atoms with Crippen molar-refractivity contribution in [1.82, 2.24) is 5.32 Å². The number of amides is 2. The molecule has 0 aromatic heterocycles. The standard InChI is InChI=1S/C23H18BrCl2N3O3S/c1-12-9-13(24)10-18(20(12)32-2)22(31)29-23(33)28-16-6-4-15(5-7-16)27-21(30)17-8-3-14(25)11-19(17)26/h3-11H,1-2H3,(H,27,30)(H2,28,29,31,33). The molecule has 10 heteroatoms. The van der Waals surface area contributed by atoms with Crippen molar-refractivity contribution in [2.24, 2.45) is 0 Å². The van der Waals surface area contributed by atoms with Crippen LogP contribution < -0.4 is 20.7 Å². The van der Waals surface area contributed by atoms with E-state index < -0.39 is 5.91 Å². The molecule has 0 spiro atoms. The summed E-state index contributed by atoms with van der Waals surface area (Å²) in [5.74, 6) is -0.296. The Labute approximate surface area is 214 Å². The van der Waals surface area contributed by atoms with Gasteiger partial charge in [0.25, 0.3) is 11.8 Å². The summed E-state index contributed by atoms with van der Waals surface area (Å²) < 4.78 is 6.10. The first kappa shape index (κ1) is 25.0. The van der Waals surface area contributed by atoms with Gasteiger partial charge in [-0.3, -0.25) is 14.9 Å². The number of methoxy groups -OCH3 is 1. The summed E-state index contributed by atoms with van der Waals surface area (Å²) in [4.78, 5) is 25.1. The smallest absolute Gasteiger partial charge is 0.261 e. The number of rotatable bonds is 5. The second-order valence-corrected chi connectivity index (χ2v) is 9.03. The number of ether oxygens (including phenoxy) is 1. The molecule has 0 aliphatic heterocycles. The van der Waals surface area contributed by atoms with E-state index >= 15 is 0 Å². The molecule has 3 aromatic rings. The van der Waals surface area contributed by atoms with Crippen LogP contribution in [0.25, 0.3) is 0 Å². The summed E-state index contributed by atoms with van der Waals surface area (Å²) in [6.45, 7) is 1.85. The summed E-state index contributed by atoms with van der Waals surface area (Å²) in [6.07, 6.45) is 0. The molecule has 0 radical (unpaired) electrons. The highest BCUT2D eigenvalue weighted by atomic mass is 79.9. The zero-order valence-corrected chi connectivity index (χ0v) is 21.4. The van der Waals surface area contributed by atoms with Gasteiger partial charge in [0.1, 0.15) is 5.75 Å². The summed E-state index contributed by atoms with van der Waals surface area (Å²) in [7, 11) is 1.50. The fourth-order valence-corrected chi connectivity index (χ4v) is 4.29. The normalized spacial score (nSPS) is 10.3. The van der Waals surface area contributed by atoms with Gasteiger partial charge in [-0.05, 0) is 79.3 Å². The van der Waals surface area contributed by atoms with Crippen LogP contribution in [-0.2, 0) is 0 Å². The van der Waals surface area contributed by atoms with E-state index in [-0.39, 0.29) is 16.0 Å². The van der Waals surface area contributed by atoms with Gasteiger partial charge in [-0.15, -0.1) is 0 Å². The van der Waals surface area contributed by atoms with Crippen LogP contribution in [-0.4, -0.2) is 24.0 Å². The maximum Gasteiger partial charge on any atom is 0.261 e. The van der Waals surface area contributed by atoms with Crippen LogP contribution in [0.15, 0.2) is 59.1 Å². The highest BCUT2D eigenvalue weighted by Gasteiger charge is 2.17. The second kappa shape index (κ2) is 11.0. The molecule has 170 valence electrons. The predicted octanol–water partition coefficient (Wildman–Crippen LogP) is 6.45. The van der Waals surface area contributed by atoms with E-state index in [2.05, 4.69) is 31.9 Å². The predicted molar refractivity (Wildman–Crippen MR) is 140 cm³/mol. The van der Waals surface area contributed by atoms with E-state index in [4.69, 9.17) is 40.2 Å². The minimum Gasteiger partial charge on any atom is -0.496 e. The molecule has 0 heterocycles. The van der Waals surface area contributed by atoms with Crippen LogP contribution in [0.3, 0.4) is 0 Å². The first-order valence-corrected chi connectivity index (χ1v) is 11.5. The lowest BCUT2D eigenvalue weighted by atomic mass is 10.1. The molecule has 0 saturated carbocycles. The number of thiocarbonyl (C=S) groups is 1. The second-order valence-electron chi connectivity index (χ2n) is 6.87. The third-order valence-electron chi connectivity index (χ3n) is 4.49. The number of nitrogens with one attached hydrogen (secondary N) is 3. The zero-order chi connectivity index (χ0) is 24.1. The van der Waals surface area contributed by atoms with Gasteiger partial charge in [-0.25, -0.2) is 0 Å². The highest BCUT2D eigenvalue weighted by molar-refractivity contribution is 9.10. The molecule has 6 nitrogen and oxygen atoms in total. The Balaban J connectivity index is 1.62. The van der Waals surface area contributed by atoms with Gasteiger partial charge in [0.15, 0.2) is 5.11 Å². The van der Waals surface area contributed by atoms with Crippen LogP contribution in [0.1, 0.15) is 26.3 Å². The summed E-state index contributed by atoms with van der Waals surface area (Å²) in [5.41, 5.74) is 2.66. The fraction of sp³-hybridized carbons (Fsp3) is 0.0870. The molecule has 0 aliphatic carbocycles. The van der Waals surface area contributed by atoms with Gasteiger partial charge >= 0.3 is 0 Å². The monoisotopic (exact) mass is 565 g/mol. The molecular weight excluding hydrogens is 549 g/mol. The number of carbonyl (C=O) groups excluding carboxylic acids is 2. The van der Waals surface area contributed by atoms with Gasteiger partial charge in [0.2, 0.25) is 0 Å². The highest BCUT2D eigenvalue weighted by Crippen LogP contribution is 2.28. The van der Waals surface area contributed by atoms with Crippen molar-refractivity contribution in [3.63, 3.8) is 0 Å². The minimum atomic E-state index is -0.405. The van der Waals surface area contributed by atoms with Crippen LogP contribution in [0.4, 0.5) is 11.4 Å². The molecule has 0 bridgehead atoms. The number of carbonyl (C=O) groups is 2. The molecule has 0 unspecified atom stereocenters. The topological polar surface area (TPSA) is 79.5 Å². The Bertz CT molecular complexity index is 1240. The Hall–Kier alpha value is -2.65. The maximum absolute atomic E-state index is 12.7. The van der Waals surface area contributed by atoms with Gasteiger partial charge in [-0.1, -0.05) is 39.1 Å². The van der Waals surface area contributed by atoms with Crippen molar-refractivity contribution in [1.29, 1.82) is 0 Å². The average Bonchev–Trinajstić information content (AvgIpc) is 2.74. The summed E-state index contributed by atoms with van der Waals surface area (Å²) in [6, 6.07) is 15.0. The first-order valence-electron chi connectivity index (χ1n) is 9.51. The number of hydrogen-bond acceptors (Lipinski definition) is 4. The maximum atomic E-state index is 12.7. The van der Waals surface area contributed by atoms with Gasteiger partial charge in [0.05, 0.1) is 23.3 Å². The molecule has 33 heavy (non-hydrogen) atoms. The van der Waals surface area contributed by atoms with Crippen molar-refractivity contribution in [3.8, 4) is 5.75 Å². The number of halogens is 3. The molecule has 2 amide bonds. The molecular formula is C23H18BrCl2N3O3S. The average molecular weight is 567 g/mol. The number of hydrogen-bond donors (Lipinski definition) is 3. The third kappa shape index (κ3) is 6.45. The van der Waals surface area contributed by atoms with E-state index in [1.165, 1.54) is 13.2 Å². The van der Waals surface area contributed by atoms with Gasteiger partial charge in [0, 0.05) is 20.9 Å². The lowest BCUT2D eigenvalue weighted by Crippen LogP contribution is -2.34. The van der Waals surface area contributed by atoms with Gasteiger partial charge < -0.3 is 15.4 Å². The molecule has 0 aliphatic rings. The van der Waals surface area contributed by atoms with E-state index in [9.17, 15) is 9.59 Å². The SMILES string of the molecule is COc1c(C)cc(Br)cc1C(=O)NC(=S)Nc1ccc(NC(=O)c2ccc(Cl)cc2Cl)cc1. The number of aryl methyl sites for hydroxylation is 1. The molecule has 0 atom stereocenters. The van der Waals surface area contributed by atoms with Crippen LogP contribution in [0, 0.1) is 6.92 Å². The van der Waals surface area contributed by atoms with Crippen LogP contribution in [0.2, 0.25) is 10.0 Å². The van der Waals surface area contributed by atoms with Crippen LogP contribution in [0.5, 0.6) is 5.75 Å². The molecule has 3 aromatic carbocycles. The van der Waals surface area contributed by atoms with Crippen molar-refractivity contribution < 1.29 is 14.3 Å². The Morgan fingerprint density at radius 1 is 0.909 bits per heavy atom. The van der Waals surface area contributed by atoms with Crippen LogP contribution >= 0.6 is 51.3 Å². The zero-order valence-electron chi connectivity index (χ0n) is 17.5. The Morgan fingerprint density at radius 2 is 1.55 bits per heavy atom. The largest absolute Gasteiger partial charge is 0.496 e. The first-order chi connectivity index (χ1) is 15.7. The van der Waals surface area contributed by atoms with Gasteiger partial charge in [-0.2, -0.15) is 0 Å². The molecule has 0 fully saturated rings. The van der Waals surface area contributed by atoms with Crippen molar-refractivity contribution in [2.45, 2.75) is 6.92 Å². The third-order valence-corrected chi connectivity index (χ3v) is 5.70. The summed E-state index contributed by atoms with van der Waals surface area (Å²) in [5, 5.41) is 9.16. The Kier molecular flexibility index (Phi) is 8.31. The fourth-order valence-electron chi connectivity index (χ4n) is 3.01. The lowest BCUT2D eigenvalue weighted by Gasteiger charge is -2.14. The summed E-state index contributed by atoms with van der Waals surface area (Å²) >= 11 is 20.6. The van der Waals surface area contributed by atoms with E-state index in [1.807, 2.05) is 13.0 Å². The number of anilines is 2. The molecule has 3 rings (SSSR count). The van der Waals surface area contributed by atoms with Crippen molar-refractivity contribution >= 4 is 79.7 Å². The van der Waals surface area contributed by atoms with Crippen molar-refractivity contribution in [3.05, 3.63) is 85.8 Å². The lowest BCUT2D eigenvalue weighted by molar-refractivity contribution is 0.0973. The Morgan fingerprint density at radius 3 is 2.15 bits per heavy atom.